The second kappa shape index (κ2) is 8.86. The van der Waals surface area contributed by atoms with Crippen molar-refractivity contribution >= 4 is 11.5 Å². The quantitative estimate of drug-likeness (QED) is 0.621. The normalized spacial score (nSPS) is 16.6. The van der Waals surface area contributed by atoms with Crippen LogP contribution in [0.15, 0.2) is 36.5 Å². The minimum atomic E-state index is 0.294. The van der Waals surface area contributed by atoms with E-state index in [9.17, 15) is 0 Å². The average Bonchev–Trinajstić information content (AvgIpc) is 3.34. The first-order valence-electron chi connectivity index (χ1n) is 10.8. The first-order chi connectivity index (χ1) is 15.0. The van der Waals surface area contributed by atoms with E-state index in [2.05, 4.69) is 53.6 Å². The highest BCUT2D eigenvalue weighted by Gasteiger charge is 2.29. The van der Waals surface area contributed by atoms with E-state index in [0.717, 1.165) is 42.4 Å². The number of rotatable bonds is 6. The smallest absolute Gasteiger partial charge is 0.140 e. The van der Waals surface area contributed by atoms with E-state index < -0.39 is 0 Å². The number of pyridine rings is 2. The lowest BCUT2D eigenvalue weighted by Crippen LogP contribution is -2.24. The Labute approximate surface area is 183 Å². The fraction of sp³-hybridized carbons (Fsp3) is 0.417. The Morgan fingerprint density at radius 3 is 2.74 bits per heavy atom. The second-order valence-corrected chi connectivity index (χ2v) is 8.43. The average molecular weight is 416 g/mol. The van der Waals surface area contributed by atoms with Gasteiger partial charge in [-0.1, -0.05) is 6.07 Å². The number of aryl methyl sites for hydroxylation is 1. The van der Waals surface area contributed by atoms with E-state index in [0.29, 0.717) is 17.8 Å². The van der Waals surface area contributed by atoms with Crippen LogP contribution < -0.4 is 5.32 Å². The molecule has 0 aliphatic carbocycles. The van der Waals surface area contributed by atoms with E-state index in [1.807, 2.05) is 24.3 Å². The van der Waals surface area contributed by atoms with Crippen LogP contribution in [0.25, 0.3) is 0 Å². The van der Waals surface area contributed by atoms with Crippen LogP contribution in [-0.2, 0) is 6.54 Å². The van der Waals surface area contributed by atoms with Crippen molar-refractivity contribution in [1.82, 2.24) is 24.6 Å². The van der Waals surface area contributed by atoms with Gasteiger partial charge in [0.05, 0.1) is 29.3 Å². The molecule has 160 valence electrons. The minimum absolute atomic E-state index is 0.294. The first-order valence-corrected chi connectivity index (χ1v) is 10.8. The number of likely N-dealkylation sites (tertiary alicyclic amines) is 1. The highest BCUT2D eigenvalue weighted by atomic mass is 15.3. The van der Waals surface area contributed by atoms with E-state index in [1.54, 1.807) is 12.3 Å². The molecular formula is C24H29N7. The van der Waals surface area contributed by atoms with E-state index in [1.165, 1.54) is 17.7 Å². The Bertz CT molecular complexity index is 1090. The number of anilines is 2. The molecule has 3 aromatic heterocycles. The van der Waals surface area contributed by atoms with Crippen molar-refractivity contribution in [3.8, 4) is 6.07 Å². The van der Waals surface area contributed by atoms with Gasteiger partial charge >= 0.3 is 0 Å². The highest BCUT2D eigenvalue weighted by Crippen LogP contribution is 2.34. The zero-order chi connectivity index (χ0) is 22.0. The third kappa shape index (κ3) is 4.44. The molecule has 0 spiro atoms. The van der Waals surface area contributed by atoms with E-state index >= 15 is 0 Å². The summed E-state index contributed by atoms with van der Waals surface area (Å²) in [7, 11) is 0. The molecule has 0 saturated carbocycles. The monoisotopic (exact) mass is 415 g/mol. The summed E-state index contributed by atoms with van der Waals surface area (Å²) >= 11 is 0. The van der Waals surface area contributed by atoms with Gasteiger partial charge in [0.15, 0.2) is 0 Å². The molecule has 1 fully saturated rings. The number of hydrogen-bond acceptors (Lipinski definition) is 6. The molecule has 7 nitrogen and oxygen atoms in total. The Balaban J connectivity index is 1.52. The zero-order valence-electron chi connectivity index (χ0n) is 18.6. The van der Waals surface area contributed by atoms with Crippen molar-refractivity contribution < 1.29 is 0 Å². The van der Waals surface area contributed by atoms with Crippen molar-refractivity contribution in [2.24, 2.45) is 0 Å². The molecule has 1 aliphatic rings. The summed E-state index contributed by atoms with van der Waals surface area (Å²) in [4.78, 5) is 11.5. The molecule has 7 heteroatoms. The molecule has 3 aromatic rings. The van der Waals surface area contributed by atoms with Crippen LogP contribution in [0.4, 0.5) is 11.5 Å². The maximum atomic E-state index is 8.91. The van der Waals surface area contributed by atoms with Gasteiger partial charge in [-0.2, -0.15) is 10.4 Å². The molecule has 4 heterocycles. The van der Waals surface area contributed by atoms with Gasteiger partial charge in [0.2, 0.25) is 0 Å². The Kier molecular flexibility index (Phi) is 6.01. The fourth-order valence-corrected chi connectivity index (χ4v) is 4.37. The van der Waals surface area contributed by atoms with Crippen LogP contribution in [-0.4, -0.2) is 31.2 Å². The number of nitriles is 1. The molecule has 1 saturated heterocycles. The third-order valence-electron chi connectivity index (χ3n) is 5.95. The predicted molar refractivity (Wildman–Crippen MR) is 121 cm³/mol. The lowest BCUT2D eigenvalue weighted by atomic mass is 10.1. The summed E-state index contributed by atoms with van der Waals surface area (Å²) in [6, 6.07) is 12.4. The summed E-state index contributed by atoms with van der Waals surface area (Å²) in [5, 5.41) is 17.0. The predicted octanol–water partition coefficient (Wildman–Crippen LogP) is 4.82. The molecule has 0 aromatic carbocycles. The molecule has 0 radical (unpaired) electrons. The molecule has 4 rings (SSSR count). The van der Waals surface area contributed by atoms with Gasteiger partial charge in [0.1, 0.15) is 17.6 Å². The minimum Gasteiger partial charge on any atom is -0.339 e. The van der Waals surface area contributed by atoms with Gasteiger partial charge in [-0.3, -0.25) is 9.58 Å². The van der Waals surface area contributed by atoms with Gasteiger partial charge in [-0.05, 0) is 71.3 Å². The van der Waals surface area contributed by atoms with Gasteiger partial charge < -0.3 is 5.32 Å². The lowest BCUT2D eigenvalue weighted by Gasteiger charge is -2.25. The van der Waals surface area contributed by atoms with Crippen LogP contribution >= 0.6 is 0 Å². The van der Waals surface area contributed by atoms with Crippen molar-refractivity contribution in [2.75, 3.05) is 11.9 Å². The molecular weight excluding hydrogens is 386 g/mol. The maximum absolute atomic E-state index is 8.91. The van der Waals surface area contributed by atoms with E-state index in [4.69, 9.17) is 15.3 Å². The van der Waals surface area contributed by atoms with Crippen LogP contribution in [0.5, 0.6) is 0 Å². The molecule has 0 amide bonds. The molecule has 0 unspecified atom stereocenters. The van der Waals surface area contributed by atoms with Crippen molar-refractivity contribution in [2.45, 2.75) is 59.2 Å². The van der Waals surface area contributed by atoms with Crippen LogP contribution in [0, 0.1) is 25.2 Å². The van der Waals surface area contributed by atoms with Gasteiger partial charge in [0.25, 0.3) is 0 Å². The molecule has 0 bridgehead atoms. The Hall–Kier alpha value is -3.24. The van der Waals surface area contributed by atoms with Crippen molar-refractivity contribution in [3.63, 3.8) is 0 Å². The second-order valence-electron chi connectivity index (χ2n) is 8.43. The topological polar surface area (TPSA) is 82.7 Å². The van der Waals surface area contributed by atoms with Gasteiger partial charge in [0, 0.05) is 23.8 Å². The summed E-state index contributed by atoms with van der Waals surface area (Å²) in [6.07, 6.45) is 3.93. The van der Waals surface area contributed by atoms with Crippen molar-refractivity contribution in [1.29, 1.82) is 5.26 Å². The van der Waals surface area contributed by atoms with Gasteiger partial charge in [-0.25, -0.2) is 9.97 Å². The number of nitrogens with one attached hydrogen (secondary N) is 1. The Morgan fingerprint density at radius 2 is 2.06 bits per heavy atom. The van der Waals surface area contributed by atoms with Gasteiger partial charge in [-0.15, -0.1) is 0 Å². The first kappa shape index (κ1) is 21.0. The number of aromatic nitrogens is 4. The summed E-state index contributed by atoms with van der Waals surface area (Å²) in [5.41, 5.74) is 6.01. The van der Waals surface area contributed by atoms with Crippen molar-refractivity contribution in [3.05, 3.63) is 64.9 Å². The third-order valence-corrected chi connectivity index (χ3v) is 5.95. The van der Waals surface area contributed by atoms with Crippen LogP contribution in [0.3, 0.4) is 0 Å². The Morgan fingerprint density at radius 1 is 1.23 bits per heavy atom. The summed E-state index contributed by atoms with van der Waals surface area (Å²) in [5.74, 6) is 0.788. The number of hydrogen-bond donors (Lipinski definition) is 1. The number of nitrogens with zero attached hydrogens (tertiary/aromatic N) is 6. The largest absolute Gasteiger partial charge is 0.339 e. The fourth-order valence-electron chi connectivity index (χ4n) is 4.37. The van der Waals surface area contributed by atoms with Crippen LogP contribution in [0.2, 0.25) is 0 Å². The highest BCUT2D eigenvalue weighted by molar-refractivity contribution is 5.55. The maximum Gasteiger partial charge on any atom is 0.140 e. The summed E-state index contributed by atoms with van der Waals surface area (Å²) in [6.45, 7) is 10.6. The molecule has 1 N–H and O–H groups in total. The van der Waals surface area contributed by atoms with E-state index in [-0.39, 0.29) is 0 Å². The molecule has 31 heavy (non-hydrogen) atoms. The SMILES string of the molecule is Cc1nn(C(C)C)c(C)c1CN1CCC[C@H]1c1cccc(Nc2ccc(C#N)nc2)n1. The standard InChI is InChI=1S/C24H29N7/c1-16(2)31-18(4)21(17(3)29-31)15-30-12-6-8-23(30)22-7-5-9-24(28-22)27-20-11-10-19(13-25)26-14-20/h5,7,9-11,14,16,23H,6,8,12,15H2,1-4H3,(H,27,28)/t23-/m0/s1. The van der Waals surface area contributed by atoms with Crippen LogP contribution in [0.1, 0.15) is 67.1 Å². The zero-order valence-corrected chi connectivity index (χ0v) is 18.6. The summed E-state index contributed by atoms with van der Waals surface area (Å²) < 4.78 is 2.13. The lowest BCUT2D eigenvalue weighted by molar-refractivity contribution is 0.243. The molecule has 1 aliphatic heterocycles. The molecule has 1 atom stereocenters.